The molecule has 194 valence electrons. The van der Waals surface area contributed by atoms with Gasteiger partial charge in [-0.05, 0) is 35.7 Å². The maximum absolute atomic E-state index is 12.7. The van der Waals surface area contributed by atoms with E-state index in [1.165, 1.54) is 24.3 Å². The molecule has 0 saturated heterocycles. The molecule has 12 heteroatoms. The van der Waals surface area contributed by atoms with E-state index in [0.717, 1.165) is 11.8 Å². The lowest BCUT2D eigenvalue weighted by Crippen LogP contribution is -2.31. The van der Waals surface area contributed by atoms with Gasteiger partial charge in [0.05, 0.1) is 23.5 Å². The number of nitrogens with one attached hydrogen (secondary N) is 3. The van der Waals surface area contributed by atoms with Crippen molar-refractivity contribution < 1.29 is 32.6 Å². The Balaban J connectivity index is 1.54. The van der Waals surface area contributed by atoms with Crippen molar-refractivity contribution in [2.24, 2.45) is 0 Å². The molecule has 0 unspecified atom stereocenters. The van der Waals surface area contributed by atoms with Gasteiger partial charge in [0.2, 0.25) is 11.8 Å². The van der Waals surface area contributed by atoms with Gasteiger partial charge in [-0.15, -0.1) is 0 Å². The summed E-state index contributed by atoms with van der Waals surface area (Å²) in [7, 11) is -4.19. The number of aliphatic hydroxyl groups is 1. The first-order valence-electron chi connectivity index (χ1n) is 11.3. The Bertz CT molecular complexity index is 1330. The van der Waals surface area contributed by atoms with E-state index < -0.39 is 22.0 Å². The second-order valence-electron chi connectivity index (χ2n) is 7.77. The molecule has 3 amide bonds. The predicted octanol–water partition coefficient (Wildman–Crippen LogP) is 1.18. The first kappa shape index (κ1) is 27.3. The zero-order valence-electron chi connectivity index (χ0n) is 19.7. The molecule has 0 aliphatic heterocycles. The van der Waals surface area contributed by atoms with Crippen LogP contribution in [0.3, 0.4) is 0 Å². The Labute approximate surface area is 213 Å². The Morgan fingerprint density at radius 1 is 0.892 bits per heavy atom. The van der Waals surface area contributed by atoms with Crippen molar-refractivity contribution in [3.8, 4) is 5.88 Å². The van der Waals surface area contributed by atoms with Crippen LogP contribution in [0.15, 0.2) is 77.8 Å². The van der Waals surface area contributed by atoms with Crippen molar-refractivity contribution in [3.05, 3.63) is 89.6 Å². The van der Waals surface area contributed by atoms with Crippen molar-refractivity contribution in [1.29, 1.82) is 0 Å². The lowest BCUT2D eigenvalue weighted by molar-refractivity contribution is -0.120. The van der Waals surface area contributed by atoms with Gasteiger partial charge in [-0.1, -0.05) is 42.5 Å². The summed E-state index contributed by atoms with van der Waals surface area (Å²) in [6.07, 6.45) is 0.875. The number of aromatic nitrogens is 1. The fourth-order valence-corrected chi connectivity index (χ4v) is 4.21. The number of sulfonamides is 1. The smallest absolute Gasteiger partial charge is 0.395 e. The van der Waals surface area contributed by atoms with E-state index >= 15 is 0 Å². The molecule has 3 rings (SSSR count). The van der Waals surface area contributed by atoms with E-state index in [9.17, 15) is 22.8 Å². The van der Waals surface area contributed by atoms with Crippen LogP contribution in [0.25, 0.3) is 0 Å². The first-order chi connectivity index (χ1) is 17.8. The van der Waals surface area contributed by atoms with E-state index in [0.29, 0.717) is 18.5 Å². The van der Waals surface area contributed by atoms with Crippen LogP contribution >= 0.6 is 0 Å². The van der Waals surface area contributed by atoms with Crippen molar-refractivity contribution >= 4 is 27.9 Å². The summed E-state index contributed by atoms with van der Waals surface area (Å²) in [6, 6.07) is 17.8. The van der Waals surface area contributed by atoms with Crippen LogP contribution in [0.4, 0.5) is 4.79 Å². The summed E-state index contributed by atoms with van der Waals surface area (Å²) >= 11 is 0. The van der Waals surface area contributed by atoms with Gasteiger partial charge in [0, 0.05) is 25.4 Å². The zero-order valence-corrected chi connectivity index (χ0v) is 20.5. The highest BCUT2D eigenvalue weighted by Crippen LogP contribution is 2.14. The molecule has 0 aliphatic rings. The van der Waals surface area contributed by atoms with Crippen molar-refractivity contribution in [1.82, 2.24) is 20.3 Å². The number of ether oxygens (including phenoxy) is 1. The molecule has 37 heavy (non-hydrogen) atoms. The maximum atomic E-state index is 12.7. The topological polar surface area (TPSA) is 164 Å². The van der Waals surface area contributed by atoms with Gasteiger partial charge in [0.15, 0.2) is 0 Å². The molecule has 0 atom stereocenters. The minimum atomic E-state index is -4.19. The van der Waals surface area contributed by atoms with E-state index in [1.807, 2.05) is 35.1 Å². The maximum Gasteiger partial charge on any atom is 0.414 e. The molecule has 0 fully saturated rings. The van der Waals surface area contributed by atoms with Crippen LogP contribution in [0.5, 0.6) is 5.88 Å². The Hall–Kier alpha value is -4.29. The lowest BCUT2D eigenvalue weighted by atomic mass is 10.1. The van der Waals surface area contributed by atoms with E-state index in [-0.39, 0.29) is 41.8 Å². The van der Waals surface area contributed by atoms with Crippen molar-refractivity contribution in [2.45, 2.75) is 17.7 Å². The van der Waals surface area contributed by atoms with Crippen molar-refractivity contribution in [2.75, 3.05) is 19.7 Å². The molecule has 1 heterocycles. The van der Waals surface area contributed by atoms with E-state index in [4.69, 9.17) is 9.84 Å². The fourth-order valence-electron chi connectivity index (χ4n) is 3.16. The Morgan fingerprint density at radius 3 is 2.35 bits per heavy atom. The first-order valence-corrected chi connectivity index (χ1v) is 12.7. The Morgan fingerprint density at radius 2 is 1.65 bits per heavy atom. The minimum absolute atomic E-state index is 0.00127. The van der Waals surface area contributed by atoms with E-state index in [2.05, 4.69) is 15.6 Å². The van der Waals surface area contributed by atoms with Gasteiger partial charge in [0.1, 0.15) is 0 Å². The van der Waals surface area contributed by atoms with Gasteiger partial charge >= 0.3 is 6.09 Å². The molecule has 0 spiro atoms. The number of hydrogen-bond donors (Lipinski definition) is 4. The summed E-state index contributed by atoms with van der Waals surface area (Å²) in [5.74, 6) is -1.17. The average Bonchev–Trinajstić information content (AvgIpc) is 2.88. The van der Waals surface area contributed by atoms with Crippen LogP contribution in [0.1, 0.15) is 21.5 Å². The highest BCUT2D eigenvalue weighted by atomic mass is 32.2. The average molecular weight is 527 g/mol. The molecular weight excluding hydrogens is 500 g/mol. The molecule has 0 radical (unpaired) electrons. The van der Waals surface area contributed by atoms with Gasteiger partial charge < -0.3 is 20.5 Å². The summed E-state index contributed by atoms with van der Waals surface area (Å²) in [5, 5.41) is 13.8. The van der Waals surface area contributed by atoms with E-state index in [1.54, 1.807) is 12.1 Å². The number of carbonyl (C=O) groups is 3. The third-order valence-corrected chi connectivity index (χ3v) is 6.28. The van der Waals surface area contributed by atoms with Gasteiger partial charge in [-0.3, -0.25) is 9.59 Å². The number of rotatable bonds is 11. The predicted molar refractivity (Wildman–Crippen MR) is 133 cm³/mol. The molecule has 0 bridgehead atoms. The highest BCUT2D eigenvalue weighted by Gasteiger charge is 2.20. The molecule has 4 N–H and O–H groups in total. The van der Waals surface area contributed by atoms with Crippen LogP contribution in [0, 0.1) is 0 Å². The second kappa shape index (κ2) is 13.1. The van der Waals surface area contributed by atoms with Crippen LogP contribution in [-0.2, 0) is 27.7 Å². The standard InChI is InChI=1S/C25H26N4O7S/c30-14-13-27-25(33)36-23-10-9-20(17-28-23)24(32)29-37(34,35)21-8-4-7-19(15-21)11-12-26-22(31)16-18-5-2-1-3-6-18/h1-10,15,17,30H,11-14,16H2,(H,26,31)(H,27,33)(H,29,32). The normalized spacial score (nSPS) is 10.8. The summed E-state index contributed by atoms with van der Waals surface area (Å²) in [4.78, 5) is 39.7. The highest BCUT2D eigenvalue weighted by molar-refractivity contribution is 7.90. The van der Waals surface area contributed by atoms with Crippen LogP contribution < -0.4 is 20.1 Å². The Kier molecular flexibility index (Phi) is 9.69. The number of hydrogen-bond acceptors (Lipinski definition) is 8. The molecule has 11 nitrogen and oxygen atoms in total. The quantitative estimate of drug-likeness (QED) is 0.289. The monoisotopic (exact) mass is 526 g/mol. The number of pyridine rings is 1. The number of carbonyl (C=O) groups excluding carboxylic acids is 3. The van der Waals surface area contributed by atoms with Crippen molar-refractivity contribution in [3.63, 3.8) is 0 Å². The van der Waals surface area contributed by atoms with Gasteiger partial charge in [0.25, 0.3) is 15.9 Å². The second-order valence-corrected chi connectivity index (χ2v) is 9.45. The summed E-state index contributed by atoms with van der Waals surface area (Å²) in [6.45, 7) is 0.0608. The third-order valence-electron chi connectivity index (χ3n) is 4.96. The molecule has 0 saturated carbocycles. The lowest BCUT2D eigenvalue weighted by Gasteiger charge is -2.10. The molecular formula is C25H26N4O7S. The number of benzene rings is 2. The number of aliphatic hydroxyl groups excluding tert-OH is 1. The number of amides is 3. The van der Waals surface area contributed by atoms with Crippen LogP contribution in [0.2, 0.25) is 0 Å². The molecule has 0 aliphatic carbocycles. The minimum Gasteiger partial charge on any atom is -0.395 e. The molecule has 3 aromatic rings. The summed E-state index contributed by atoms with van der Waals surface area (Å²) in [5.41, 5.74) is 1.49. The SMILES string of the molecule is O=C(Cc1ccccc1)NCCc1cccc(S(=O)(=O)NC(=O)c2ccc(OC(=O)NCCO)nc2)c1. The van der Waals surface area contributed by atoms with Gasteiger partial charge in [-0.25, -0.2) is 22.9 Å². The molecule has 1 aromatic heterocycles. The summed E-state index contributed by atoms with van der Waals surface area (Å²) < 4.78 is 32.3. The zero-order chi connectivity index (χ0) is 26.7. The number of nitrogens with zero attached hydrogens (tertiary/aromatic N) is 1. The fraction of sp³-hybridized carbons (Fsp3) is 0.200. The largest absolute Gasteiger partial charge is 0.414 e. The van der Waals surface area contributed by atoms with Crippen LogP contribution in [-0.4, -0.2) is 56.1 Å². The third kappa shape index (κ3) is 8.70. The van der Waals surface area contributed by atoms with Gasteiger partial charge in [-0.2, -0.15) is 0 Å². The molecule has 2 aromatic carbocycles.